The van der Waals surface area contributed by atoms with E-state index in [0.717, 1.165) is 12.1 Å². The van der Waals surface area contributed by atoms with Crippen LogP contribution in [0.15, 0.2) is 29.2 Å². The summed E-state index contributed by atoms with van der Waals surface area (Å²) in [7, 11) is -4.09. The van der Waals surface area contributed by atoms with Gasteiger partial charge in [0.1, 0.15) is 5.41 Å². The molecule has 2 rings (SSSR count). The lowest BCUT2D eigenvalue weighted by molar-refractivity contribution is -0.177. The second kappa shape index (κ2) is 5.56. The van der Waals surface area contributed by atoms with Gasteiger partial charge in [-0.2, -0.15) is 0 Å². The van der Waals surface area contributed by atoms with Crippen molar-refractivity contribution in [1.82, 2.24) is 4.72 Å². The van der Waals surface area contributed by atoms with Crippen LogP contribution in [0.1, 0.15) is 12.5 Å². The molecule has 0 aliphatic carbocycles. The third kappa shape index (κ3) is 3.26. The van der Waals surface area contributed by atoms with Crippen LogP contribution in [0.4, 0.5) is 8.78 Å². The molecule has 1 heterocycles. The molecule has 0 radical (unpaired) electrons. The molecule has 0 amide bonds. The molecule has 1 aliphatic heterocycles. The van der Waals surface area contributed by atoms with Crippen LogP contribution in [0, 0.1) is 5.41 Å². The number of carboxylic acids is 1. The normalized spacial score (nSPS) is 17.8. The molecule has 0 aromatic heterocycles. The highest BCUT2D eigenvalue weighted by molar-refractivity contribution is 7.89. The highest BCUT2D eigenvalue weighted by atomic mass is 32.2. The van der Waals surface area contributed by atoms with E-state index in [2.05, 4.69) is 4.72 Å². The van der Waals surface area contributed by atoms with E-state index in [1.165, 1.54) is 12.1 Å². The van der Waals surface area contributed by atoms with Crippen LogP contribution in [-0.2, 0) is 25.5 Å². The number of nitrogens with one attached hydrogen (secondary N) is 1. The monoisotopic (exact) mass is 335 g/mol. The highest BCUT2D eigenvalue weighted by Crippen LogP contribution is 2.29. The number of sulfonamides is 1. The molecular weight excluding hydrogens is 320 g/mol. The lowest BCUT2D eigenvalue weighted by Gasteiger charge is -2.37. The van der Waals surface area contributed by atoms with Gasteiger partial charge < -0.3 is 9.84 Å². The van der Waals surface area contributed by atoms with Crippen molar-refractivity contribution >= 4 is 16.0 Å². The van der Waals surface area contributed by atoms with Gasteiger partial charge in [-0.3, -0.25) is 4.79 Å². The van der Waals surface area contributed by atoms with Gasteiger partial charge in [0.2, 0.25) is 10.0 Å². The van der Waals surface area contributed by atoms with Gasteiger partial charge in [0.15, 0.2) is 0 Å². The molecular formula is C13H15F2NO5S. The Morgan fingerprint density at radius 2 is 2.09 bits per heavy atom. The molecule has 9 heteroatoms. The number of rotatable bonds is 6. The molecule has 1 aliphatic rings. The van der Waals surface area contributed by atoms with E-state index in [9.17, 15) is 22.0 Å². The average molecular weight is 335 g/mol. The summed E-state index contributed by atoms with van der Waals surface area (Å²) in [5, 5.41) is 9.09. The van der Waals surface area contributed by atoms with Crippen molar-refractivity contribution in [3.05, 3.63) is 29.8 Å². The third-order valence-corrected chi connectivity index (χ3v) is 4.86. The van der Waals surface area contributed by atoms with Crippen molar-refractivity contribution < 1.29 is 31.8 Å². The van der Waals surface area contributed by atoms with E-state index >= 15 is 0 Å². The molecule has 122 valence electrons. The molecule has 0 bridgehead atoms. The molecule has 1 fully saturated rings. The van der Waals surface area contributed by atoms with Crippen molar-refractivity contribution in [2.75, 3.05) is 19.8 Å². The van der Waals surface area contributed by atoms with Crippen molar-refractivity contribution in [3.63, 3.8) is 0 Å². The van der Waals surface area contributed by atoms with Crippen LogP contribution in [0.2, 0.25) is 0 Å². The van der Waals surface area contributed by atoms with E-state index in [4.69, 9.17) is 9.84 Å². The Labute approximate surface area is 126 Å². The molecule has 2 N–H and O–H groups in total. The Morgan fingerprint density at radius 1 is 1.45 bits per heavy atom. The second-order valence-corrected chi connectivity index (χ2v) is 7.09. The van der Waals surface area contributed by atoms with Gasteiger partial charge in [-0.15, -0.1) is 0 Å². The van der Waals surface area contributed by atoms with Crippen molar-refractivity contribution in [2.24, 2.45) is 5.41 Å². The lowest BCUT2D eigenvalue weighted by atomic mass is 9.86. The first-order chi connectivity index (χ1) is 10.1. The zero-order valence-corrected chi connectivity index (χ0v) is 12.5. The Kier molecular flexibility index (Phi) is 4.24. The molecule has 0 spiro atoms. The number of hydrogen-bond acceptors (Lipinski definition) is 4. The minimum Gasteiger partial charge on any atom is -0.481 e. The molecule has 1 saturated heterocycles. The van der Waals surface area contributed by atoms with Crippen LogP contribution >= 0.6 is 0 Å². The summed E-state index contributed by atoms with van der Waals surface area (Å²) in [5.74, 6) is -4.34. The maximum absolute atomic E-state index is 13.3. The van der Waals surface area contributed by atoms with Crippen molar-refractivity contribution in [2.45, 2.75) is 17.7 Å². The maximum atomic E-state index is 13.3. The number of aliphatic carboxylic acids is 1. The number of carboxylic acid groups (broad SMARTS) is 1. The van der Waals surface area contributed by atoms with Gasteiger partial charge in [0.25, 0.3) is 5.92 Å². The fourth-order valence-electron chi connectivity index (χ4n) is 1.90. The predicted octanol–water partition coefficient (Wildman–Crippen LogP) is 1.18. The Bertz CT molecular complexity index is 680. The van der Waals surface area contributed by atoms with E-state index < -0.39 is 32.9 Å². The van der Waals surface area contributed by atoms with Gasteiger partial charge in [0, 0.05) is 19.0 Å². The second-order valence-electron chi connectivity index (χ2n) is 5.32. The summed E-state index contributed by atoms with van der Waals surface area (Å²) in [5.41, 5.74) is -1.74. The maximum Gasteiger partial charge on any atom is 0.315 e. The van der Waals surface area contributed by atoms with Crippen molar-refractivity contribution in [1.29, 1.82) is 0 Å². The number of halogens is 2. The van der Waals surface area contributed by atoms with Crippen LogP contribution in [0.5, 0.6) is 0 Å². The molecule has 0 atom stereocenters. The molecule has 1 aromatic rings. The van der Waals surface area contributed by atoms with Gasteiger partial charge in [-0.25, -0.2) is 21.9 Å². The highest BCUT2D eigenvalue weighted by Gasteiger charge is 2.47. The van der Waals surface area contributed by atoms with E-state index in [1.54, 1.807) is 0 Å². The first-order valence-corrected chi connectivity index (χ1v) is 7.84. The molecule has 22 heavy (non-hydrogen) atoms. The van der Waals surface area contributed by atoms with Gasteiger partial charge >= 0.3 is 5.97 Å². The summed E-state index contributed by atoms with van der Waals surface area (Å²) in [6.07, 6.45) is 0. The summed E-state index contributed by atoms with van der Waals surface area (Å²) < 4.78 is 57.7. The molecule has 1 aromatic carbocycles. The van der Waals surface area contributed by atoms with Gasteiger partial charge in [0.05, 0.1) is 18.1 Å². The molecule has 0 unspecified atom stereocenters. The van der Waals surface area contributed by atoms with E-state index in [-0.39, 0.29) is 24.7 Å². The Morgan fingerprint density at radius 3 is 2.55 bits per heavy atom. The standard InChI is InChI=1S/C13H15F2NO5S/c1-12(14,15)9-3-2-4-10(5-9)22(19,20)16-6-13(11(17)18)7-21-8-13/h2-5,16H,6-8H2,1H3,(H,17,18). The van der Waals surface area contributed by atoms with Gasteiger partial charge in [-0.1, -0.05) is 12.1 Å². The van der Waals surface area contributed by atoms with E-state index in [1.807, 2.05) is 0 Å². The number of ether oxygens (including phenoxy) is 1. The lowest BCUT2D eigenvalue weighted by Crippen LogP contribution is -2.55. The van der Waals surface area contributed by atoms with Crippen LogP contribution in [0.25, 0.3) is 0 Å². The zero-order chi connectivity index (χ0) is 16.6. The molecule has 0 saturated carbocycles. The summed E-state index contributed by atoms with van der Waals surface area (Å²) in [6, 6.07) is 4.37. The SMILES string of the molecule is CC(F)(F)c1cccc(S(=O)(=O)NCC2(C(=O)O)COC2)c1. The topological polar surface area (TPSA) is 92.7 Å². The fourth-order valence-corrected chi connectivity index (χ4v) is 3.08. The average Bonchev–Trinajstić information content (AvgIpc) is 2.36. The fraction of sp³-hybridized carbons (Fsp3) is 0.462. The Hall–Kier alpha value is -1.58. The minimum absolute atomic E-state index is 0.0993. The minimum atomic E-state index is -4.09. The number of hydrogen-bond donors (Lipinski definition) is 2. The van der Waals surface area contributed by atoms with E-state index in [0.29, 0.717) is 6.92 Å². The smallest absolute Gasteiger partial charge is 0.315 e. The Balaban J connectivity index is 2.19. The third-order valence-electron chi connectivity index (χ3n) is 3.46. The number of carbonyl (C=O) groups is 1. The summed E-state index contributed by atoms with van der Waals surface area (Å²) >= 11 is 0. The predicted molar refractivity (Wildman–Crippen MR) is 72.1 cm³/mol. The largest absolute Gasteiger partial charge is 0.481 e. The van der Waals surface area contributed by atoms with Crippen LogP contribution < -0.4 is 4.72 Å². The van der Waals surface area contributed by atoms with Crippen LogP contribution in [-0.4, -0.2) is 39.3 Å². The van der Waals surface area contributed by atoms with Crippen molar-refractivity contribution in [3.8, 4) is 0 Å². The summed E-state index contributed by atoms with van der Waals surface area (Å²) in [4.78, 5) is 10.8. The number of benzene rings is 1. The van der Waals surface area contributed by atoms with Gasteiger partial charge in [-0.05, 0) is 12.1 Å². The first kappa shape index (κ1) is 16.8. The summed E-state index contributed by atoms with van der Waals surface area (Å²) in [6.45, 7) is 0.102. The zero-order valence-electron chi connectivity index (χ0n) is 11.7. The quantitative estimate of drug-likeness (QED) is 0.814. The number of alkyl halides is 2. The molecule has 6 nitrogen and oxygen atoms in total. The van der Waals surface area contributed by atoms with Crippen LogP contribution in [0.3, 0.4) is 0 Å². The first-order valence-electron chi connectivity index (χ1n) is 6.36.